The molecular formula is C14H19F3N2O2. The maximum Gasteiger partial charge on any atom is 0.408 e. The minimum atomic E-state index is -4.40. The van der Waals surface area contributed by atoms with Gasteiger partial charge in [0.1, 0.15) is 17.5 Å². The number of hydrogen-bond donors (Lipinski definition) is 1. The lowest BCUT2D eigenvalue weighted by Gasteiger charge is -2.37. The van der Waals surface area contributed by atoms with E-state index in [2.05, 4.69) is 5.32 Å². The van der Waals surface area contributed by atoms with Crippen LogP contribution in [0.25, 0.3) is 0 Å². The second-order valence-corrected chi connectivity index (χ2v) is 4.81. The van der Waals surface area contributed by atoms with Gasteiger partial charge in [-0.2, -0.15) is 13.2 Å². The second-order valence-electron chi connectivity index (χ2n) is 4.81. The standard InChI is InChI=1S/C14H19F3N2O2/c1-20-10-4-3-5-11(21-2)12(10)13(14(15,16)17)19-8-6-18-7-9-19/h3-5,13,18H,6-9H2,1-2H3/t13-/m0/s1. The lowest BCUT2D eigenvalue weighted by molar-refractivity contribution is -0.188. The molecule has 0 aliphatic carbocycles. The summed E-state index contributed by atoms with van der Waals surface area (Å²) in [6.45, 7) is 1.71. The highest BCUT2D eigenvalue weighted by Gasteiger charge is 2.47. The number of piperazine rings is 1. The van der Waals surface area contributed by atoms with E-state index in [1.54, 1.807) is 6.07 Å². The van der Waals surface area contributed by atoms with Gasteiger partial charge in [0, 0.05) is 26.2 Å². The van der Waals surface area contributed by atoms with Crippen LogP contribution in [0, 0.1) is 0 Å². The van der Waals surface area contributed by atoms with Gasteiger partial charge in [0.2, 0.25) is 0 Å². The third-order valence-electron chi connectivity index (χ3n) is 3.57. The molecule has 2 rings (SSSR count). The van der Waals surface area contributed by atoms with Crippen LogP contribution in [-0.4, -0.2) is 51.5 Å². The molecule has 1 heterocycles. The fraction of sp³-hybridized carbons (Fsp3) is 0.571. The minimum Gasteiger partial charge on any atom is -0.496 e. The Balaban J connectivity index is 2.50. The summed E-state index contributed by atoms with van der Waals surface area (Å²) < 4.78 is 51.2. The molecule has 1 N–H and O–H groups in total. The summed E-state index contributed by atoms with van der Waals surface area (Å²) >= 11 is 0. The van der Waals surface area contributed by atoms with Gasteiger partial charge in [0.15, 0.2) is 0 Å². The molecule has 0 radical (unpaired) electrons. The predicted octanol–water partition coefficient (Wildman–Crippen LogP) is 2.21. The summed E-state index contributed by atoms with van der Waals surface area (Å²) in [6, 6.07) is 2.94. The summed E-state index contributed by atoms with van der Waals surface area (Å²) in [7, 11) is 2.73. The van der Waals surface area contributed by atoms with Crippen molar-refractivity contribution in [3.05, 3.63) is 23.8 Å². The average Bonchev–Trinajstić information content (AvgIpc) is 2.47. The van der Waals surface area contributed by atoms with Gasteiger partial charge in [-0.25, -0.2) is 0 Å². The Morgan fingerprint density at radius 2 is 1.62 bits per heavy atom. The quantitative estimate of drug-likeness (QED) is 0.925. The average molecular weight is 304 g/mol. The van der Waals surface area contributed by atoms with Crippen LogP contribution in [0.2, 0.25) is 0 Å². The van der Waals surface area contributed by atoms with Crippen LogP contribution in [0.15, 0.2) is 18.2 Å². The second kappa shape index (κ2) is 6.53. The van der Waals surface area contributed by atoms with Gasteiger partial charge < -0.3 is 14.8 Å². The number of halogens is 3. The molecule has 0 aromatic heterocycles. The zero-order chi connectivity index (χ0) is 15.5. The number of hydrogen-bond acceptors (Lipinski definition) is 4. The third kappa shape index (κ3) is 3.41. The molecular weight excluding hydrogens is 285 g/mol. The summed E-state index contributed by atoms with van der Waals surface area (Å²) in [4.78, 5) is 1.41. The van der Waals surface area contributed by atoms with Crippen molar-refractivity contribution in [1.29, 1.82) is 0 Å². The highest BCUT2D eigenvalue weighted by molar-refractivity contribution is 5.47. The molecule has 0 unspecified atom stereocenters. The van der Waals surface area contributed by atoms with Gasteiger partial charge in [-0.1, -0.05) is 6.07 Å². The van der Waals surface area contributed by atoms with Crippen molar-refractivity contribution in [2.75, 3.05) is 40.4 Å². The fourth-order valence-electron chi connectivity index (χ4n) is 2.64. The van der Waals surface area contributed by atoms with Crippen LogP contribution in [0.3, 0.4) is 0 Å². The Bertz CT molecular complexity index is 452. The first-order valence-corrected chi connectivity index (χ1v) is 6.71. The number of ether oxygens (including phenoxy) is 2. The summed E-state index contributed by atoms with van der Waals surface area (Å²) in [6.07, 6.45) is -4.40. The molecule has 0 amide bonds. The predicted molar refractivity (Wildman–Crippen MR) is 72.8 cm³/mol. The van der Waals surface area contributed by atoms with Gasteiger partial charge in [-0.3, -0.25) is 4.90 Å². The van der Waals surface area contributed by atoms with Crippen molar-refractivity contribution in [3.8, 4) is 11.5 Å². The van der Waals surface area contributed by atoms with E-state index in [0.29, 0.717) is 26.2 Å². The molecule has 1 fully saturated rings. The van der Waals surface area contributed by atoms with E-state index in [4.69, 9.17) is 9.47 Å². The van der Waals surface area contributed by atoms with Gasteiger partial charge >= 0.3 is 6.18 Å². The number of methoxy groups -OCH3 is 2. The van der Waals surface area contributed by atoms with Crippen molar-refractivity contribution in [1.82, 2.24) is 10.2 Å². The molecule has 1 aromatic carbocycles. The molecule has 1 aliphatic heterocycles. The first-order valence-electron chi connectivity index (χ1n) is 6.71. The van der Waals surface area contributed by atoms with Gasteiger partial charge in [0.05, 0.1) is 19.8 Å². The highest BCUT2D eigenvalue weighted by Crippen LogP contribution is 2.45. The van der Waals surface area contributed by atoms with E-state index in [9.17, 15) is 13.2 Å². The zero-order valence-corrected chi connectivity index (χ0v) is 12.0. The molecule has 1 atom stereocenters. The topological polar surface area (TPSA) is 33.7 Å². The molecule has 7 heteroatoms. The number of benzene rings is 1. The Kier molecular flexibility index (Phi) is 4.95. The lowest BCUT2D eigenvalue weighted by Crippen LogP contribution is -2.49. The first kappa shape index (κ1) is 15.9. The fourth-order valence-corrected chi connectivity index (χ4v) is 2.64. The third-order valence-corrected chi connectivity index (χ3v) is 3.57. The van der Waals surface area contributed by atoms with E-state index in [1.807, 2.05) is 0 Å². The summed E-state index contributed by atoms with van der Waals surface area (Å²) in [5, 5.41) is 3.06. The van der Waals surface area contributed by atoms with Crippen molar-refractivity contribution in [3.63, 3.8) is 0 Å². The van der Waals surface area contributed by atoms with Crippen LogP contribution < -0.4 is 14.8 Å². The van der Waals surface area contributed by atoms with E-state index in [0.717, 1.165) is 0 Å². The summed E-state index contributed by atoms with van der Waals surface area (Å²) in [5.41, 5.74) is 0.0388. The molecule has 4 nitrogen and oxygen atoms in total. The van der Waals surface area contributed by atoms with Gasteiger partial charge in [0.25, 0.3) is 0 Å². The number of alkyl halides is 3. The van der Waals surface area contributed by atoms with Crippen LogP contribution >= 0.6 is 0 Å². The molecule has 21 heavy (non-hydrogen) atoms. The van der Waals surface area contributed by atoms with Crippen molar-refractivity contribution in [2.45, 2.75) is 12.2 Å². The molecule has 0 bridgehead atoms. The monoisotopic (exact) mass is 304 g/mol. The number of nitrogens with one attached hydrogen (secondary N) is 1. The maximum atomic E-state index is 13.6. The SMILES string of the molecule is COc1cccc(OC)c1[C@H](N1CCNCC1)C(F)(F)F. The van der Waals surface area contributed by atoms with E-state index in [1.165, 1.54) is 31.3 Å². The van der Waals surface area contributed by atoms with Gasteiger partial charge in [-0.05, 0) is 12.1 Å². The Morgan fingerprint density at radius 1 is 1.10 bits per heavy atom. The van der Waals surface area contributed by atoms with Crippen molar-refractivity contribution in [2.24, 2.45) is 0 Å². The number of rotatable bonds is 4. The molecule has 0 spiro atoms. The van der Waals surface area contributed by atoms with Crippen LogP contribution in [0.4, 0.5) is 13.2 Å². The van der Waals surface area contributed by atoms with E-state index in [-0.39, 0.29) is 17.1 Å². The minimum absolute atomic E-state index is 0.0388. The molecule has 0 saturated carbocycles. The Morgan fingerprint density at radius 3 is 2.05 bits per heavy atom. The smallest absolute Gasteiger partial charge is 0.408 e. The van der Waals surface area contributed by atoms with E-state index >= 15 is 0 Å². The lowest BCUT2D eigenvalue weighted by atomic mass is 10.0. The largest absolute Gasteiger partial charge is 0.496 e. The van der Waals surface area contributed by atoms with Crippen LogP contribution in [-0.2, 0) is 0 Å². The van der Waals surface area contributed by atoms with E-state index < -0.39 is 12.2 Å². The van der Waals surface area contributed by atoms with Crippen molar-refractivity contribution < 1.29 is 22.6 Å². The molecule has 1 aromatic rings. The van der Waals surface area contributed by atoms with Crippen LogP contribution in [0.5, 0.6) is 11.5 Å². The van der Waals surface area contributed by atoms with Crippen molar-refractivity contribution >= 4 is 0 Å². The maximum absolute atomic E-state index is 13.6. The zero-order valence-electron chi connectivity index (χ0n) is 12.0. The first-order chi connectivity index (χ1) is 9.99. The number of nitrogens with zero attached hydrogens (tertiary/aromatic N) is 1. The Hall–Kier alpha value is -1.47. The molecule has 1 saturated heterocycles. The van der Waals surface area contributed by atoms with Gasteiger partial charge in [-0.15, -0.1) is 0 Å². The highest BCUT2D eigenvalue weighted by atomic mass is 19.4. The Labute approximate surface area is 121 Å². The normalized spacial score (nSPS) is 18.3. The van der Waals surface area contributed by atoms with Crippen LogP contribution in [0.1, 0.15) is 11.6 Å². The molecule has 118 valence electrons. The summed E-state index contributed by atoms with van der Waals surface area (Å²) in [5.74, 6) is 0.380. The molecule has 1 aliphatic rings.